The number of amides is 2. The number of hydrogen-bond acceptors (Lipinski definition) is 3. The van der Waals surface area contributed by atoms with Gasteiger partial charge in [-0.25, -0.2) is 0 Å². The first-order valence-corrected chi connectivity index (χ1v) is 8.06. The molecule has 0 aliphatic carbocycles. The average molecular weight is 360 g/mol. The highest BCUT2D eigenvalue weighted by Gasteiger charge is 2.22. The van der Waals surface area contributed by atoms with Crippen LogP contribution >= 0.6 is 12.4 Å². The van der Waals surface area contributed by atoms with Crippen LogP contribution in [0.2, 0.25) is 0 Å². The van der Waals surface area contributed by atoms with Crippen LogP contribution in [-0.2, 0) is 22.4 Å². The molecule has 0 radical (unpaired) electrons. The van der Waals surface area contributed by atoms with Crippen LogP contribution < -0.4 is 16.0 Å². The van der Waals surface area contributed by atoms with Gasteiger partial charge >= 0.3 is 0 Å². The highest BCUT2D eigenvalue weighted by atomic mass is 35.5. The standard InChI is InChI=1S/C19H21N3O2.ClH/c1-13(23)22-10-9-15-12-16(7-8-18(15)22)21-19(24)17(20)11-14-5-3-2-4-6-14;/h2-8,12,17H,9-11,20H2,1H3,(H,21,24);1H. The fourth-order valence-electron chi connectivity index (χ4n) is 3.00. The Kier molecular flexibility index (Phi) is 6.17. The summed E-state index contributed by atoms with van der Waals surface area (Å²) in [6.45, 7) is 2.25. The summed E-state index contributed by atoms with van der Waals surface area (Å²) in [5.41, 5.74) is 9.75. The number of nitrogens with zero attached hydrogens (tertiary/aromatic N) is 1. The first-order valence-electron chi connectivity index (χ1n) is 8.06. The average Bonchev–Trinajstić information content (AvgIpc) is 2.99. The third kappa shape index (κ3) is 4.38. The molecule has 2 aromatic rings. The Bertz CT molecular complexity index is 765. The van der Waals surface area contributed by atoms with Crippen molar-refractivity contribution < 1.29 is 9.59 Å². The molecule has 0 saturated carbocycles. The minimum absolute atomic E-state index is 0. The quantitative estimate of drug-likeness (QED) is 0.880. The molecule has 6 heteroatoms. The largest absolute Gasteiger partial charge is 0.325 e. The lowest BCUT2D eigenvalue weighted by atomic mass is 10.1. The van der Waals surface area contributed by atoms with E-state index in [-0.39, 0.29) is 24.2 Å². The zero-order chi connectivity index (χ0) is 17.1. The molecular formula is C19H22ClN3O2. The number of hydrogen-bond donors (Lipinski definition) is 2. The van der Waals surface area contributed by atoms with E-state index in [0.29, 0.717) is 18.7 Å². The molecule has 0 fully saturated rings. The number of halogens is 1. The van der Waals surface area contributed by atoms with Crippen molar-refractivity contribution in [2.24, 2.45) is 5.73 Å². The summed E-state index contributed by atoms with van der Waals surface area (Å²) in [4.78, 5) is 25.6. The topological polar surface area (TPSA) is 75.4 Å². The van der Waals surface area contributed by atoms with Crippen molar-refractivity contribution >= 4 is 35.6 Å². The molecule has 0 spiro atoms. The second kappa shape index (κ2) is 8.14. The van der Waals surface area contributed by atoms with Crippen molar-refractivity contribution in [2.75, 3.05) is 16.8 Å². The van der Waals surface area contributed by atoms with Gasteiger partial charge in [-0.05, 0) is 42.2 Å². The summed E-state index contributed by atoms with van der Waals surface area (Å²) < 4.78 is 0. The number of nitrogens with one attached hydrogen (secondary N) is 1. The van der Waals surface area contributed by atoms with E-state index < -0.39 is 6.04 Å². The monoisotopic (exact) mass is 359 g/mol. The summed E-state index contributed by atoms with van der Waals surface area (Å²) in [5.74, 6) is -0.171. The molecule has 5 nitrogen and oxygen atoms in total. The van der Waals surface area contributed by atoms with E-state index in [0.717, 1.165) is 23.2 Å². The van der Waals surface area contributed by atoms with Crippen LogP contribution in [-0.4, -0.2) is 24.4 Å². The van der Waals surface area contributed by atoms with Crippen LogP contribution in [0.4, 0.5) is 11.4 Å². The third-order valence-corrected chi connectivity index (χ3v) is 4.26. The van der Waals surface area contributed by atoms with E-state index in [4.69, 9.17) is 5.73 Å². The summed E-state index contributed by atoms with van der Waals surface area (Å²) in [7, 11) is 0. The molecule has 3 rings (SSSR count). The molecule has 0 bridgehead atoms. The second-order valence-corrected chi connectivity index (χ2v) is 6.05. The number of rotatable bonds is 4. The maximum absolute atomic E-state index is 12.3. The molecule has 132 valence electrons. The predicted molar refractivity (Wildman–Crippen MR) is 102 cm³/mol. The molecule has 3 N–H and O–H groups in total. The Labute approximate surface area is 153 Å². The maximum atomic E-state index is 12.3. The molecule has 1 heterocycles. The van der Waals surface area contributed by atoms with Gasteiger partial charge in [-0.15, -0.1) is 12.4 Å². The highest BCUT2D eigenvalue weighted by Crippen LogP contribution is 2.30. The van der Waals surface area contributed by atoms with Crippen molar-refractivity contribution in [2.45, 2.75) is 25.8 Å². The van der Waals surface area contributed by atoms with Gasteiger partial charge in [0.2, 0.25) is 11.8 Å². The summed E-state index contributed by atoms with van der Waals surface area (Å²) in [6.07, 6.45) is 1.30. The van der Waals surface area contributed by atoms with Gasteiger partial charge in [0.05, 0.1) is 6.04 Å². The zero-order valence-electron chi connectivity index (χ0n) is 14.1. The van der Waals surface area contributed by atoms with Crippen LogP contribution in [0.1, 0.15) is 18.1 Å². The lowest BCUT2D eigenvalue weighted by Gasteiger charge is -2.16. The molecule has 1 unspecified atom stereocenters. The minimum atomic E-state index is -0.602. The third-order valence-electron chi connectivity index (χ3n) is 4.26. The minimum Gasteiger partial charge on any atom is -0.325 e. The number of anilines is 2. The van der Waals surface area contributed by atoms with E-state index in [1.165, 1.54) is 0 Å². The second-order valence-electron chi connectivity index (χ2n) is 6.05. The van der Waals surface area contributed by atoms with E-state index in [2.05, 4.69) is 5.32 Å². The first kappa shape index (κ1) is 19.0. The number of benzene rings is 2. The maximum Gasteiger partial charge on any atom is 0.241 e. The summed E-state index contributed by atoms with van der Waals surface area (Å²) in [6, 6.07) is 14.7. The van der Waals surface area contributed by atoms with Gasteiger partial charge in [-0.3, -0.25) is 9.59 Å². The Balaban J connectivity index is 0.00000225. The number of carbonyl (C=O) groups excluding carboxylic acids is 2. The van der Waals surface area contributed by atoms with E-state index >= 15 is 0 Å². The molecule has 1 atom stereocenters. The van der Waals surface area contributed by atoms with Crippen molar-refractivity contribution in [1.29, 1.82) is 0 Å². The Morgan fingerprint density at radius 2 is 1.92 bits per heavy atom. The Morgan fingerprint density at radius 3 is 2.60 bits per heavy atom. The summed E-state index contributed by atoms with van der Waals surface area (Å²) >= 11 is 0. The van der Waals surface area contributed by atoms with Crippen LogP contribution in [0, 0.1) is 0 Å². The lowest BCUT2D eigenvalue weighted by molar-refractivity contribution is -0.117. The number of fused-ring (bicyclic) bond motifs is 1. The smallest absolute Gasteiger partial charge is 0.241 e. The molecular weight excluding hydrogens is 338 g/mol. The van der Waals surface area contributed by atoms with E-state index in [9.17, 15) is 9.59 Å². The van der Waals surface area contributed by atoms with Crippen LogP contribution in [0.5, 0.6) is 0 Å². The van der Waals surface area contributed by atoms with Gasteiger partial charge in [0.1, 0.15) is 0 Å². The van der Waals surface area contributed by atoms with Crippen molar-refractivity contribution in [3.8, 4) is 0 Å². The summed E-state index contributed by atoms with van der Waals surface area (Å²) in [5, 5.41) is 2.87. The highest BCUT2D eigenvalue weighted by molar-refractivity contribution is 5.97. The molecule has 0 aromatic heterocycles. The van der Waals surface area contributed by atoms with Crippen LogP contribution in [0.25, 0.3) is 0 Å². The molecule has 25 heavy (non-hydrogen) atoms. The van der Waals surface area contributed by atoms with Gasteiger partial charge in [0.15, 0.2) is 0 Å². The first-order chi connectivity index (χ1) is 11.5. The van der Waals surface area contributed by atoms with Gasteiger partial charge in [-0.2, -0.15) is 0 Å². The normalized spacial score (nSPS) is 13.6. The molecule has 1 aliphatic heterocycles. The van der Waals surface area contributed by atoms with Gasteiger partial charge in [0, 0.05) is 24.8 Å². The van der Waals surface area contributed by atoms with Crippen LogP contribution in [0.15, 0.2) is 48.5 Å². The number of nitrogens with two attached hydrogens (primary N) is 1. The van der Waals surface area contributed by atoms with Crippen molar-refractivity contribution in [3.05, 3.63) is 59.7 Å². The van der Waals surface area contributed by atoms with Gasteiger partial charge < -0.3 is 16.0 Å². The molecule has 0 saturated heterocycles. The Morgan fingerprint density at radius 1 is 1.20 bits per heavy atom. The fraction of sp³-hybridized carbons (Fsp3) is 0.263. The molecule has 2 amide bonds. The lowest BCUT2D eigenvalue weighted by Crippen LogP contribution is -2.37. The van der Waals surface area contributed by atoms with Crippen molar-refractivity contribution in [3.63, 3.8) is 0 Å². The SMILES string of the molecule is CC(=O)N1CCc2cc(NC(=O)C(N)Cc3ccccc3)ccc21.Cl. The van der Waals surface area contributed by atoms with E-state index in [1.54, 1.807) is 11.8 Å². The molecule has 1 aliphatic rings. The predicted octanol–water partition coefficient (Wildman–Crippen LogP) is 2.53. The van der Waals surface area contributed by atoms with E-state index in [1.807, 2.05) is 48.5 Å². The van der Waals surface area contributed by atoms with Gasteiger partial charge in [-0.1, -0.05) is 30.3 Å². The number of carbonyl (C=O) groups is 2. The Hall–Kier alpha value is -2.37. The zero-order valence-corrected chi connectivity index (χ0v) is 14.9. The van der Waals surface area contributed by atoms with Crippen molar-refractivity contribution in [1.82, 2.24) is 0 Å². The fourth-order valence-corrected chi connectivity index (χ4v) is 3.00. The van der Waals surface area contributed by atoms with Crippen LogP contribution in [0.3, 0.4) is 0 Å². The van der Waals surface area contributed by atoms with Gasteiger partial charge in [0.25, 0.3) is 0 Å². The molecule has 2 aromatic carbocycles.